The number of nitrogens with zero attached hydrogens (tertiary/aromatic N) is 1. The fourth-order valence-electron chi connectivity index (χ4n) is 2.02. The molecule has 6 heteroatoms. The molecule has 108 valence electrons. The van der Waals surface area contributed by atoms with Gasteiger partial charge in [0, 0.05) is 5.69 Å². The van der Waals surface area contributed by atoms with Crippen LogP contribution in [0.5, 0.6) is 0 Å². The van der Waals surface area contributed by atoms with Crippen molar-refractivity contribution in [2.45, 2.75) is 17.0 Å². The van der Waals surface area contributed by atoms with E-state index < -0.39 is 9.84 Å². The van der Waals surface area contributed by atoms with E-state index >= 15 is 0 Å². The Morgan fingerprint density at radius 2 is 1.86 bits per heavy atom. The average Bonchev–Trinajstić information content (AvgIpc) is 2.85. The van der Waals surface area contributed by atoms with Gasteiger partial charge in [-0.15, -0.1) is 11.3 Å². The predicted octanol–water partition coefficient (Wildman–Crippen LogP) is 3.16. The summed E-state index contributed by atoms with van der Waals surface area (Å²) in [4.78, 5) is 4.21. The first-order chi connectivity index (χ1) is 9.94. The number of nitrogens with two attached hydrogens (primary N) is 1. The molecule has 2 aromatic carbocycles. The van der Waals surface area contributed by atoms with E-state index in [1.54, 1.807) is 18.2 Å². The van der Waals surface area contributed by atoms with Crippen molar-refractivity contribution >= 4 is 37.1 Å². The van der Waals surface area contributed by atoms with Crippen molar-refractivity contribution in [3.05, 3.63) is 53.6 Å². The van der Waals surface area contributed by atoms with Crippen molar-refractivity contribution in [1.29, 1.82) is 0 Å². The molecule has 3 aromatic rings. The second-order valence-corrected chi connectivity index (χ2v) is 8.15. The van der Waals surface area contributed by atoms with Crippen LogP contribution >= 0.6 is 11.3 Å². The van der Waals surface area contributed by atoms with Crippen LogP contribution in [-0.4, -0.2) is 13.4 Å². The number of aromatic nitrogens is 1. The molecule has 21 heavy (non-hydrogen) atoms. The van der Waals surface area contributed by atoms with Crippen LogP contribution in [0.3, 0.4) is 0 Å². The molecule has 0 bridgehead atoms. The van der Waals surface area contributed by atoms with Crippen molar-refractivity contribution in [2.24, 2.45) is 0 Å². The Morgan fingerprint density at radius 3 is 2.57 bits per heavy atom. The Balaban J connectivity index is 1.97. The van der Waals surface area contributed by atoms with Crippen LogP contribution < -0.4 is 5.73 Å². The summed E-state index contributed by atoms with van der Waals surface area (Å²) in [6.07, 6.45) is 0. The van der Waals surface area contributed by atoms with Gasteiger partial charge in [0.15, 0.2) is 0 Å². The molecule has 3 rings (SSSR count). The van der Waals surface area contributed by atoms with E-state index in [-0.39, 0.29) is 10.1 Å². The van der Waals surface area contributed by atoms with Gasteiger partial charge in [-0.05, 0) is 30.7 Å². The predicted molar refractivity (Wildman–Crippen MR) is 86.1 cm³/mol. The lowest BCUT2D eigenvalue weighted by atomic mass is 10.2. The molecule has 0 unspecified atom stereocenters. The maximum Gasteiger partial charge on any atom is 0.210 e. The van der Waals surface area contributed by atoms with Crippen molar-refractivity contribution < 1.29 is 8.42 Å². The van der Waals surface area contributed by atoms with Gasteiger partial charge in [-0.2, -0.15) is 0 Å². The number of aryl methyl sites for hydroxylation is 1. The van der Waals surface area contributed by atoms with Crippen molar-refractivity contribution in [3.8, 4) is 0 Å². The number of fused-ring (bicyclic) bond motifs is 1. The highest BCUT2D eigenvalue weighted by atomic mass is 32.2. The second-order valence-electron chi connectivity index (χ2n) is 4.95. The molecule has 0 saturated heterocycles. The third-order valence-corrected chi connectivity index (χ3v) is 6.30. The van der Waals surface area contributed by atoms with Crippen LogP contribution in [0.1, 0.15) is 11.1 Å². The van der Waals surface area contributed by atoms with E-state index in [4.69, 9.17) is 5.73 Å². The Hall–Kier alpha value is -1.92. The summed E-state index contributed by atoms with van der Waals surface area (Å²) in [6.45, 7) is 1.97. The number of hydrogen-bond acceptors (Lipinski definition) is 5. The summed E-state index contributed by atoms with van der Waals surface area (Å²) in [6, 6.07) is 12.7. The fourth-order valence-corrected chi connectivity index (χ4v) is 4.71. The first-order valence-corrected chi connectivity index (χ1v) is 8.85. The van der Waals surface area contributed by atoms with Gasteiger partial charge in [0.2, 0.25) is 14.2 Å². The standard InChI is InChI=1S/C15H14N2O2S2/c1-10-2-4-11(5-3-10)9-21(18,19)15-17-13-7-6-12(16)8-14(13)20-15/h2-8H,9,16H2,1H3. The van der Waals surface area contributed by atoms with Crippen LogP contribution in [0.15, 0.2) is 46.8 Å². The van der Waals surface area contributed by atoms with E-state index in [2.05, 4.69) is 4.98 Å². The molecule has 0 atom stereocenters. The zero-order chi connectivity index (χ0) is 15.0. The first-order valence-electron chi connectivity index (χ1n) is 6.38. The molecular weight excluding hydrogens is 304 g/mol. The maximum atomic E-state index is 12.5. The molecule has 0 radical (unpaired) electrons. The molecule has 0 amide bonds. The van der Waals surface area contributed by atoms with Gasteiger partial charge in [0.05, 0.1) is 16.0 Å². The van der Waals surface area contributed by atoms with Gasteiger partial charge in [0.1, 0.15) is 0 Å². The zero-order valence-electron chi connectivity index (χ0n) is 11.4. The van der Waals surface area contributed by atoms with E-state index in [9.17, 15) is 8.42 Å². The third-order valence-electron chi connectivity index (χ3n) is 3.14. The van der Waals surface area contributed by atoms with E-state index in [1.807, 2.05) is 31.2 Å². The summed E-state index contributed by atoms with van der Waals surface area (Å²) in [5, 5.41) is 0. The summed E-state index contributed by atoms with van der Waals surface area (Å²) < 4.78 is 25.8. The number of anilines is 1. The monoisotopic (exact) mass is 318 g/mol. The lowest BCUT2D eigenvalue weighted by molar-refractivity contribution is 0.594. The van der Waals surface area contributed by atoms with Gasteiger partial charge < -0.3 is 5.73 Å². The topological polar surface area (TPSA) is 73.0 Å². The summed E-state index contributed by atoms with van der Waals surface area (Å²) in [7, 11) is -3.43. The van der Waals surface area contributed by atoms with Crippen LogP contribution in [0, 0.1) is 6.92 Å². The Morgan fingerprint density at radius 1 is 1.14 bits per heavy atom. The minimum absolute atomic E-state index is 0.0391. The molecule has 0 aliphatic carbocycles. The second kappa shape index (κ2) is 5.13. The molecule has 1 heterocycles. The lowest BCUT2D eigenvalue weighted by Gasteiger charge is -2.01. The Kier molecular flexibility index (Phi) is 3.43. The minimum Gasteiger partial charge on any atom is -0.399 e. The van der Waals surface area contributed by atoms with E-state index in [0.717, 1.165) is 27.2 Å². The largest absolute Gasteiger partial charge is 0.399 e. The van der Waals surface area contributed by atoms with Gasteiger partial charge in [0.25, 0.3) is 0 Å². The zero-order valence-corrected chi connectivity index (χ0v) is 13.0. The quantitative estimate of drug-likeness (QED) is 0.753. The molecule has 2 N–H and O–H groups in total. The molecule has 0 aliphatic rings. The molecule has 0 saturated carbocycles. The molecular formula is C15H14N2O2S2. The van der Waals surface area contributed by atoms with Crippen molar-refractivity contribution in [1.82, 2.24) is 4.98 Å². The molecule has 0 aliphatic heterocycles. The fraction of sp³-hybridized carbons (Fsp3) is 0.133. The highest BCUT2D eigenvalue weighted by Crippen LogP contribution is 2.29. The minimum atomic E-state index is -3.43. The Bertz CT molecular complexity index is 897. The number of thiazole rings is 1. The van der Waals surface area contributed by atoms with Crippen molar-refractivity contribution in [2.75, 3.05) is 5.73 Å². The van der Waals surface area contributed by atoms with Crippen LogP contribution in [-0.2, 0) is 15.6 Å². The van der Waals surface area contributed by atoms with Gasteiger partial charge in [-0.3, -0.25) is 0 Å². The highest BCUT2D eigenvalue weighted by molar-refractivity contribution is 7.92. The smallest absolute Gasteiger partial charge is 0.210 e. The summed E-state index contributed by atoms with van der Waals surface area (Å²) >= 11 is 1.16. The molecule has 0 spiro atoms. The van der Waals surface area contributed by atoms with Gasteiger partial charge >= 0.3 is 0 Å². The van der Waals surface area contributed by atoms with Crippen LogP contribution in [0.25, 0.3) is 10.2 Å². The van der Waals surface area contributed by atoms with Gasteiger partial charge in [-0.25, -0.2) is 13.4 Å². The average molecular weight is 318 g/mol. The SMILES string of the molecule is Cc1ccc(CS(=O)(=O)c2nc3ccc(N)cc3s2)cc1. The number of benzene rings is 2. The lowest BCUT2D eigenvalue weighted by Crippen LogP contribution is -2.04. The molecule has 1 aromatic heterocycles. The summed E-state index contributed by atoms with van der Waals surface area (Å²) in [5.74, 6) is -0.0391. The number of sulfone groups is 1. The third kappa shape index (κ3) is 2.91. The van der Waals surface area contributed by atoms with Crippen molar-refractivity contribution in [3.63, 3.8) is 0 Å². The normalized spacial score (nSPS) is 11.9. The summed E-state index contributed by atoms with van der Waals surface area (Å²) in [5.41, 5.74) is 8.84. The molecule has 0 fully saturated rings. The van der Waals surface area contributed by atoms with E-state index in [1.165, 1.54) is 0 Å². The van der Waals surface area contributed by atoms with E-state index in [0.29, 0.717) is 11.2 Å². The van der Waals surface area contributed by atoms with Crippen LogP contribution in [0.2, 0.25) is 0 Å². The number of nitrogen functional groups attached to an aromatic ring is 1. The number of rotatable bonds is 3. The highest BCUT2D eigenvalue weighted by Gasteiger charge is 2.20. The maximum absolute atomic E-state index is 12.5. The van der Waals surface area contributed by atoms with Crippen LogP contribution in [0.4, 0.5) is 5.69 Å². The molecule has 4 nitrogen and oxygen atoms in total. The van der Waals surface area contributed by atoms with Gasteiger partial charge in [-0.1, -0.05) is 29.8 Å². The number of hydrogen-bond donors (Lipinski definition) is 1. The first kappa shape index (κ1) is 14.0. The Labute approximate surface area is 127 Å².